The summed E-state index contributed by atoms with van der Waals surface area (Å²) in [7, 11) is 0. The van der Waals surface area contributed by atoms with Crippen LogP contribution in [0.1, 0.15) is 45.2 Å². The Balaban J connectivity index is 1.42. The second-order valence-electron chi connectivity index (χ2n) is 9.91. The van der Waals surface area contributed by atoms with E-state index in [1.54, 1.807) is 11.3 Å². The predicted octanol–water partition coefficient (Wildman–Crippen LogP) is 8.07. The van der Waals surface area contributed by atoms with Crippen molar-refractivity contribution >= 4 is 60.8 Å². The van der Waals surface area contributed by atoms with Crippen molar-refractivity contribution in [1.82, 2.24) is 4.98 Å². The van der Waals surface area contributed by atoms with Crippen molar-refractivity contribution in [2.45, 2.75) is 49.4 Å². The number of anilines is 1. The monoisotopic (exact) mass is 580 g/mol. The number of halogens is 1. The number of hydrogen-bond acceptors (Lipinski definition) is 5. The van der Waals surface area contributed by atoms with Gasteiger partial charge in [-0.25, -0.2) is 4.98 Å². The number of nitrogens with zero attached hydrogens (tertiary/aromatic N) is 2. The van der Waals surface area contributed by atoms with Gasteiger partial charge >= 0.3 is 0 Å². The molecule has 0 fully saturated rings. The Morgan fingerprint density at radius 1 is 1.11 bits per heavy atom. The Morgan fingerprint density at radius 3 is 2.61 bits per heavy atom. The zero-order valence-corrected chi connectivity index (χ0v) is 24.1. The van der Waals surface area contributed by atoms with Crippen molar-refractivity contribution < 1.29 is 9.53 Å². The minimum atomic E-state index is -0.353. The Hall–Kier alpha value is -2.35. The van der Waals surface area contributed by atoms with Crippen molar-refractivity contribution in [3.8, 4) is 5.75 Å². The maximum atomic E-state index is 13.8. The van der Waals surface area contributed by atoms with E-state index in [1.807, 2.05) is 36.1 Å². The maximum absolute atomic E-state index is 13.8. The lowest BCUT2D eigenvalue weighted by Crippen LogP contribution is -2.56. The molecule has 4 nitrogen and oxygen atoms in total. The molecule has 1 atom stereocenters. The zero-order chi connectivity index (χ0) is 25.5. The lowest BCUT2D eigenvalue weighted by molar-refractivity contribution is -0.117. The zero-order valence-electron chi connectivity index (χ0n) is 20.9. The number of thiazole rings is 1. The topological polar surface area (TPSA) is 42.4 Å². The normalized spacial score (nSPS) is 18.8. The van der Waals surface area contributed by atoms with E-state index in [9.17, 15) is 4.79 Å². The summed E-state index contributed by atoms with van der Waals surface area (Å²) in [5.41, 5.74) is 3.83. The molecule has 1 aliphatic heterocycles. The Morgan fingerprint density at radius 2 is 1.86 bits per heavy atom. The van der Waals surface area contributed by atoms with Gasteiger partial charge < -0.3 is 9.64 Å². The molecule has 1 aliphatic rings. The van der Waals surface area contributed by atoms with Crippen LogP contribution in [0.5, 0.6) is 5.75 Å². The summed E-state index contributed by atoms with van der Waals surface area (Å²) < 4.78 is 8.66. The van der Waals surface area contributed by atoms with E-state index in [2.05, 4.69) is 79.2 Å². The van der Waals surface area contributed by atoms with Crippen LogP contribution in [-0.2, 0) is 10.2 Å². The van der Waals surface area contributed by atoms with Gasteiger partial charge in [0.1, 0.15) is 5.75 Å². The quantitative estimate of drug-likeness (QED) is 0.216. The lowest BCUT2D eigenvalue weighted by Gasteiger charge is -2.51. The van der Waals surface area contributed by atoms with Crippen molar-refractivity contribution in [3.05, 3.63) is 82.3 Å². The standard InChI is InChI=1S/C29H29BrN2O2S2/c1-5-34-21-14-15-23-25(16-21)36-27(31-23)35-17-26(33)32-24-9-7-6-8-22(24)29(4,18-28(32,2)3)19-10-12-20(30)13-11-19/h6-16H,5,17-18H2,1-4H3/t29-/m0/s1. The van der Waals surface area contributed by atoms with E-state index in [0.29, 0.717) is 12.4 Å². The number of fused-ring (bicyclic) bond motifs is 2. The van der Waals surface area contributed by atoms with Gasteiger partial charge in [-0.3, -0.25) is 4.79 Å². The summed E-state index contributed by atoms with van der Waals surface area (Å²) in [6, 6.07) is 22.9. The first kappa shape index (κ1) is 25.3. The van der Waals surface area contributed by atoms with Crippen LogP contribution in [0.2, 0.25) is 0 Å². The summed E-state index contributed by atoms with van der Waals surface area (Å²) in [5, 5.41) is 0. The molecule has 0 saturated carbocycles. The molecule has 5 rings (SSSR count). The highest BCUT2D eigenvalue weighted by Crippen LogP contribution is 2.50. The highest BCUT2D eigenvalue weighted by molar-refractivity contribution is 9.10. The Labute approximate surface area is 229 Å². The lowest BCUT2D eigenvalue weighted by atomic mass is 9.65. The van der Waals surface area contributed by atoms with Gasteiger partial charge in [0, 0.05) is 21.1 Å². The average Bonchev–Trinajstić information content (AvgIpc) is 3.25. The number of para-hydroxylation sites is 1. The summed E-state index contributed by atoms with van der Waals surface area (Å²) in [6.07, 6.45) is 0.830. The van der Waals surface area contributed by atoms with E-state index < -0.39 is 0 Å². The van der Waals surface area contributed by atoms with E-state index >= 15 is 0 Å². The second kappa shape index (κ2) is 9.84. The molecule has 0 saturated heterocycles. The maximum Gasteiger partial charge on any atom is 0.237 e. The van der Waals surface area contributed by atoms with Crippen LogP contribution in [0, 0.1) is 0 Å². The number of aromatic nitrogens is 1. The number of thioether (sulfide) groups is 1. The molecular weight excluding hydrogens is 552 g/mol. The summed E-state index contributed by atoms with van der Waals surface area (Å²) >= 11 is 6.68. The molecule has 36 heavy (non-hydrogen) atoms. The summed E-state index contributed by atoms with van der Waals surface area (Å²) in [6.45, 7) is 9.26. The van der Waals surface area contributed by atoms with Gasteiger partial charge in [0.2, 0.25) is 5.91 Å². The van der Waals surface area contributed by atoms with Gasteiger partial charge in [-0.05, 0) is 74.7 Å². The predicted molar refractivity (Wildman–Crippen MR) is 155 cm³/mol. The first-order valence-corrected chi connectivity index (χ1v) is 14.7. The molecule has 7 heteroatoms. The van der Waals surface area contributed by atoms with Crippen LogP contribution >= 0.6 is 39.0 Å². The highest BCUT2D eigenvalue weighted by Gasteiger charge is 2.47. The fraction of sp³-hybridized carbons (Fsp3) is 0.310. The van der Waals surface area contributed by atoms with Gasteiger partial charge in [-0.15, -0.1) is 11.3 Å². The first-order valence-electron chi connectivity index (χ1n) is 12.1. The van der Waals surface area contributed by atoms with Crippen molar-refractivity contribution in [3.63, 3.8) is 0 Å². The Kier molecular flexibility index (Phi) is 6.92. The highest BCUT2D eigenvalue weighted by atomic mass is 79.9. The van der Waals surface area contributed by atoms with Gasteiger partial charge in [0.25, 0.3) is 0 Å². The summed E-state index contributed by atoms with van der Waals surface area (Å²) in [5.74, 6) is 1.29. The fourth-order valence-electron chi connectivity index (χ4n) is 5.44. The molecule has 0 radical (unpaired) electrons. The van der Waals surface area contributed by atoms with Crippen molar-refractivity contribution in [1.29, 1.82) is 0 Å². The molecule has 0 N–H and O–H groups in total. The number of hydrogen-bond donors (Lipinski definition) is 0. The van der Waals surface area contributed by atoms with Crippen molar-refractivity contribution in [2.24, 2.45) is 0 Å². The summed E-state index contributed by atoms with van der Waals surface area (Å²) in [4.78, 5) is 20.5. The third-order valence-electron chi connectivity index (χ3n) is 6.83. The molecular formula is C29H29BrN2O2S2. The minimum Gasteiger partial charge on any atom is -0.494 e. The van der Waals surface area contributed by atoms with Gasteiger partial charge in [0.05, 0.1) is 22.6 Å². The van der Waals surface area contributed by atoms with Crippen LogP contribution in [-0.4, -0.2) is 28.8 Å². The van der Waals surface area contributed by atoms with Gasteiger partial charge in [-0.1, -0.05) is 64.9 Å². The first-order chi connectivity index (χ1) is 17.2. The number of rotatable bonds is 6. The molecule has 2 heterocycles. The fourth-order valence-corrected chi connectivity index (χ4v) is 7.65. The smallest absolute Gasteiger partial charge is 0.237 e. The van der Waals surface area contributed by atoms with Crippen molar-refractivity contribution in [2.75, 3.05) is 17.3 Å². The molecule has 0 spiro atoms. The van der Waals surface area contributed by atoms with Crippen LogP contribution in [0.25, 0.3) is 10.2 Å². The van der Waals surface area contributed by atoms with Gasteiger partial charge in [0.15, 0.2) is 4.34 Å². The molecule has 186 valence electrons. The third-order valence-corrected chi connectivity index (χ3v) is 9.51. The van der Waals surface area contributed by atoms with Gasteiger partial charge in [-0.2, -0.15) is 0 Å². The number of ether oxygens (including phenoxy) is 1. The van der Waals surface area contributed by atoms with E-state index in [4.69, 9.17) is 9.72 Å². The van der Waals surface area contributed by atoms with E-state index in [0.717, 1.165) is 36.9 Å². The Bertz CT molecular complexity index is 1420. The number of benzene rings is 3. The molecule has 3 aromatic carbocycles. The van der Waals surface area contributed by atoms with Crippen LogP contribution in [0.15, 0.2) is 75.5 Å². The van der Waals surface area contributed by atoms with Crippen LogP contribution < -0.4 is 9.64 Å². The van der Waals surface area contributed by atoms with Crippen LogP contribution in [0.4, 0.5) is 5.69 Å². The average molecular weight is 582 g/mol. The van der Waals surface area contributed by atoms with E-state index in [1.165, 1.54) is 22.9 Å². The molecule has 1 amide bonds. The number of carbonyl (C=O) groups excluding carboxylic acids is 1. The SMILES string of the molecule is CCOc1ccc2nc(SCC(=O)N3c4ccccc4[C@](C)(c4ccc(Br)cc4)CC3(C)C)sc2c1. The molecule has 0 bridgehead atoms. The number of amides is 1. The second-order valence-corrected chi connectivity index (χ2v) is 13.1. The molecule has 0 unspecified atom stereocenters. The number of carbonyl (C=O) groups is 1. The van der Waals surface area contributed by atoms with Crippen LogP contribution in [0.3, 0.4) is 0 Å². The third kappa shape index (κ3) is 4.69. The molecule has 0 aliphatic carbocycles. The largest absolute Gasteiger partial charge is 0.494 e. The molecule has 1 aromatic heterocycles. The molecule has 4 aromatic rings. The minimum absolute atomic E-state index is 0.101. The van der Waals surface area contributed by atoms with E-state index in [-0.39, 0.29) is 16.9 Å².